The molecule has 0 saturated carbocycles. The third-order valence-corrected chi connectivity index (χ3v) is 5.19. The summed E-state index contributed by atoms with van der Waals surface area (Å²) in [5, 5.41) is 4.95. The van der Waals surface area contributed by atoms with E-state index in [4.69, 9.17) is 0 Å². The molecule has 2 N–H and O–H groups in total. The first-order valence-electron chi connectivity index (χ1n) is 10.2. The van der Waals surface area contributed by atoms with Crippen molar-refractivity contribution in [3.05, 3.63) is 75.1 Å². The van der Waals surface area contributed by atoms with Crippen molar-refractivity contribution >= 4 is 33.6 Å². The zero-order valence-electron chi connectivity index (χ0n) is 17.7. The Morgan fingerprint density at radius 2 is 1.59 bits per heavy atom. The summed E-state index contributed by atoms with van der Waals surface area (Å²) >= 11 is 0. The van der Waals surface area contributed by atoms with Crippen molar-refractivity contribution in [1.82, 2.24) is 29.8 Å². The van der Waals surface area contributed by atoms with Crippen LogP contribution in [0.15, 0.2) is 58.1 Å². The van der Waals surface area contributed by atoms with E-state index in [2.05, 4.69) is 16.0 Å². The summed E-state index contributed by atoms with van der Waals surface area (Å²) in [4.78, 5) is 50.3. The molecule has 10 heteroatoms. The molecule has 0 aliphatic carbocycles. The Labute approximate surface area is 182 Å². The average molecular weight is 434 g/mol. The first-order valence-corrected chi connectivity index (χ1v) is 10.2. The number of carbonyl (C=O) groups excluding carboxylic acids is 2. The van der Waals surface area contributed by atoms with Gasteiger partial charge in [0.05, 0.1) is 16.4 Å². The topological polar surface area (TPSA) is 120 Å². The summed E-state index contributed by atoms with van der Waals surface area (Å²) in [6.45, 7) is 1.99. The standard InChI is InChI=1S/C22H22N6O4/c1-3-12-28-21(31)15-9-5-4-8-14(15)19(25-28)20(30)24-23-18(29)13-27-17-11-7-6-10-16(17)26(2)22(27)32/h4-11H,3,12-13H2,1-2H3,(H,23,29)(H,24,30). The summed E-state index contributed by atoms with van der Waals surface area (Å²) in [6.07, 6.45) is 0.669. The second kappa shape index (κ2) is 8.50. The number of nitrogens with zero attached hydrogens (tertiary/aromatic N) is 4. The minimum atomic E-state index is -0.662. The maximum Gasteiger partial charge on any atom is 0.329 e. The van der Waals surface area contributed by atoms with Crippen LogP contribution in [0.25, 0.3) is 21.8 Å². The largest absolute Gasteiger partial charge is 0.329 e. The number of aryl methyl sites for hydroxylation is 2. The second-order valence-electron chi connectivity index (χ2n) is 7.34. The van der Waals surface area contributed by atoms with Gasteiger partial charge in [0, 0.05) is 19.0 Å². The number of amides is 2. The highest BCUT2D eigenvalue weighted by Gasteiger charge is 2.18. The van der Waals surface area contributed by atoms with Crippen LogP contribution < -0.4 is 22.1 Å². The first-order chi connectivity index (χ1) is 15.4. The van der Waals surface area contributed by atoms with Crippen LogP contribution in [-0.4, -0.2) is 30.7 Å². The third kappa shape index (κ3) is 3.66. The van der Waals surface area contributed by atoms with Crippen LogP contribution in [0.5, 0.6) is 0 Å². The molecule has 2 aromatic carbocycles. The lowest BCUT2D eigenvalue weighted by atomic mass is 10.1. The monoisotopic (exact) mass is 434 g/mol. The molecule has 0 aliphatic heterocycles. The molecule has 164 valence electrons. The van der Waals surface area contributed by atoms with Gasteiger partial charge in [0.2, 0.25) is 0 Å². The number of para-hydroxylation sites is 2. The van der Waals surface area contributed by atoms with E-state index in [9.17, 15) is 19.2 Å². The summed E-state index contributed by atoms with van der Waals surface area (Å²) in [7, 11) is 1.63. The number of carbonyl (C=O) groups is 2. The number of benzene rings is 2. The molecule has 0 bridgehead atoms. The summed E-state index contributed by atoms with van der Waals surface area (Å²) in [6, 6.07) is 13.8. The van der Waals surface area contributed by atoms with E-state index >= 15 is 0 Å². The fourth-order valence-corrected chi connectivity index (χ4v) is 3.65. The van der Waals surface area contributed by atoms with Gasteiger partial charge in [-0.3, -0.25) is 34.4 Å². The van der Waals surface area contributed by atoms with E-state index in [1.54, 1.807) is 49.5 Å². The van der Waals surface area contributed by atoms with Gasteiger partial charge in [-0.1, -0.05) is 37.3 Å². The highest BCUT2D eigenvalue weighted by molar-refractivity contribution is 6.05. The lowest BCUT2D eigenvalue weighted by Gasteiger charge is -2.11. The van der Waals surface area contributed by atoms with Crippen LogP contribution in [0.4, 0.5) is 0 Å². The molecule has 2 amide bonds. The quantitative estimate of drug-likeness (QED) is 0.453. The number of rotatable bonds is 5. The normalized spacial score (nSPS) is 11.1. The minimum absolute atomic E-state index is 0.0243. The number of hydrazine groups is 1. The number of hydrogen-bond acceptors (Lipinski definition) is 5. The fourth-order valence-electron chi connectivity index (χ4n) is 3.65. The zero-order valence-corrected chi connectivity index (χ0v) is 17.7. The second-order valence-corrected chi connectivity index (χ2v) is 7.34. The predicted octanol–water partition coefficient (Wildman–Crippen LogP) is 0.921. The molecule has 10 nitrogen and oxygen atoms in total. The minimum Gasteiger partial charge on any atom is -0.295 e. The van der Waals surface area contributed by atoms with Gasteiger partial charge >= 0.3 is 5.69 Å². The van der Waals surface area contributed by atoms with Gasteiger partial charge in [-0.05, 0) is 24.6 Å². The van der Waals surface area contributed by atoms with Crippen LogP contribution in [-0.2, 0) is 24.9 Å². The maximum atomic E-state index is 12.8. The Kier molecular flexibility index (Phi) is 5.59. The predicted molar refractivity (Wildman–Crippen MR) is 119 cm³/mol. The van der Waals surface area contributed by atoms with Crippen molar-refractivity contribution in [3.8, 4) is 0 Å². The van der Waals surface area contributed by atoms with E-state index in [-0.39, 0.29) is 23.5 Å². The van der Waals surface area contributed by atoms with Crippen LogP contribution in [0.3, 0.4) is 0 Å². The lowest BCUT2D eigenvalue weighted by molar-refractivity contribution is -0.122. The number of imidazole rings is 1. The third-order valence-electron chi connectivity index (χ3n) is 5.19. The molecule has 0 fully saturated rings. The van der Waals surface area contributed by atoms with Crippen molar-refractivity contribution in [3.63, 3.8) is 0 Å². The zero-order chi connectivity index (χ0) is 22.8. The van der Waals surface area contributed by atoms with Crippen molar-refractivity contribution in [2.24, 2.45) is 7.05 Å². The van der Waals surface area contributed by atoms with Crippen molar-refractivity contribution in [1.29, 1.82) is 0 Å². The summed E-state index contributed by atoms with van der Waals surface area (Å²) in [5.41, 5.74) is 5.38. The Hall–Kier alpha value is -4.21. The summed E-state index contributed by atoms with van der Waals surface area (Å²) in [5.74, 6) is -1.24. The number of fused-ring (bicyclic) bond motifs is 2. The highest BCUT2D eigenvalue weighted by Crippen LogP contribution is 2.13. The maximum absolute atomic E-state index is 12.8. The average Bonchev–Trinajstić information content (AvgIpc) is 3.04. The van der Waals surface area contributed by atoms with E-state index in [0.717, 1.165) is 0 Å². The molecule has 32 heavy (non-hydrogen) atoms. The Balaban J connectivity index is 1.56. The van der Waals surface area contributed by atoms with Gasteiger partial charge in [0.15, 0.2) is 5.69 Å². The number of aromatic nitrogens is 4. The molecule has 0 aliphatic rings. The van der Waals surface area contributed by atoms with Gasteiger partial charge in [0.1, 0.15) is 6.54 Å². The molecule has 0 radical (unpaired) electrons. The fraction of sp³-hybridized carbons (Fsp3) is 0.227. The molecule has 2 heterocycles. The Morgan fingerprint density at radius 3 is 2.31 bits per heavy atom. The molecule has 2 aromatic heterocycles. The Bertz CT molecular complexity index is 1460. The summed E-state index contributed by atoms with van der Waals surface area (Å²) < 4.78 is 4.02. The highest BCUT2D eigenvalue weighted by atomic mass is 16.2. The first kappa shape index (κ1) is 21.0. The van der Waals surface area contributed by atoms with Crippen LogP contribution in [0, 0.1) is 0 Å². The smallest absolute Gasteiger partial charge is 0.295 e. The van der Waals surface area contributed by atoms with Gasteiger partial charge < -0.3 is 0 Å². The molecule has 4 aromatic rings. The number of nitrogens with one attached hydrogen (secondary N) is 2. The molecular formula is C22H22N6O4. The SMILES string of the molecule is CCCn1nc(C(=O)NNC(=O)Cn2c(=O)n(C)c3ccccc32)c2ccccc2c1=O. The lowest BCUT2D eigenvalue weighted by Crippen LogP contribution is -2.45. The Morgan fingerprint density at radius 1 is 0.938 bits per heavy atom. The van der Waals surface area contributed by atoms with Crippen molar-refractivity contribution in [2.45, 2.75) is 26.4 Å². The van der Waals surface area contributed by atoms with E-state index in [0.29, 0.717) is 34.8 Å². The molecule has 0 spiro atoms. The van der Waals surface area contributed by atoms with E-state index < -0.39 is 11.8 Å². The van der Waals surface area contributed by atoms with Gasteiger partial charge in [0.25, 0.3) is 17.4 Å². The van der Waals surface area contributed by atoms with Gasteiger partial charge in [-0.15, -0.1) is 0 Å². The molecule has 0 atom stereocenters. The molecule has 0 unspecified atom stereocenters. The van der Waals surface area contributed by atoms with Crippen molar-refractivity contribution in [2.75, 3.05) is 0 Å². The molecule has 0 saturated heterocycles. The van der Waals surface area contributed by atoms with Crippen LogP contribution in [0.1, 0.15) is 23.8 Å². The number of hydrogen-bond donors (Lipinski definition) is 2. The van der Waals surface area contributed by atoms with Crippen molar-refractivity contribution < 1.29 is 9.59 Å². The van der Waals surface area contributed by atoms with Crippen LogP contribution in [0.2, 0.25) is 0 Å². The molecule has 4 rings (SSSR count). The van der Waals surface area contributed by atoms with E-state index in [1.807, 2.05) is 13.0 Å². The van der Waals surface area contributed by atoms with Gasteiger partial charge in [-0.25, -0.2) is 9.48 Å². The molecular weight excluding hydrogens is 412 g/mol. The van der Waals surface area contributed by atoms with E-state index in [1.165, 1.54) is 13.8 Å². The van der Waals surface area contributed by atoms with Crippen LogP contribution >= 0.6 is 0 Å². The van der Waals surface area contributed by atoms with Gasteiger partial charge in [-0.2, -0.15) is 5.10 Å².